The van der Waals surface area contributed by atoms with E-state index in [2.05, 4.69) is 27.5 Å². The Labute approximate surface area is 147 Å². The van der Waals surface area contributed by atoms with E-state index in [1.807, 2.05) is 36.4 Å². The van der Waals surface area contributed by atoms with Crippen molar-refractivity contribution in [3.8, 4) is 11.5 Å². The summed E-state index contributed by atoms with van der Waals surface area (Å²) in [6.07, 6.45) is 0.605. The molecule has 25 heavy (non-hydrogen) atoms. The van der Waals surface area contributed by atoms with Gasteiger partial charge in [-0.25, -0.2) is 0 Å². The van der Waals surface area contributed by atoms with Gasteiger partial charge in [0.25, 0.3) is 0 Å². The van der Waals surface area contributed by atoms with Crippen molar-refractivity contribution in [1.29, 1.82) is 0 Å². The molecule has 130 valence electrons. The van der Waals surface area contributed by atoms with Crippen LogP contribution in [0.15, 0.2) is 53.7 Å². The Hall–Kier alpha value is -2.73. The van der Waals surface area contributed by atoms with Crippen molar-refractivity contribution in [3.05, 3.63) is 59.7 Å². The van der Waals surface area contributed by atoms with Crippen molar-refractivity contribution >= 4 is 5.84 Å². The van der Waals surface area contributed by atoms with Crippen molar-refractivity contribution in [3.63, 3.8) is 0 Å². The van der Waals surface area contributed by atoms with E-state index in [-0.39, 0.29) is 12.4 Å². The fourth-order valence-corrected chi connectivity index (χ4v) is 3.28. The summed E-state index contributed by atoms with van der Waals surface area (Å²) in [6, 6.07) is 16.0. The van der Waals surface area contributed by atoms with Crippen LogP contribution in [0, 0.1) is 0 Å². The van der Waals surface area contributed by atoms with E-state index in [9.17, 15) is 0 Å². The van der Waals surface area contributed by atoms with Crippen LogP contribution >= 0.6 is 0 Å². The minimum Gasteiger partial charge on any atom is -0.497 e. The van der Waals surface area contributed by atoms with Gasteiger partial charge in [0.15, 0.2) is 5.84 Å². The fraction of sp³-hybridized carbons (Fsp3) is 0.316. The monoisotopic (exact) mass is 339 g/mol. The standard InChI is InChI=1S/C19H21N3O3/c1-23-15-7-3-13(4-8-15)18-20-12-11-17-21-25-19(22(17)18)14-5-9-16(24-2)10-6-14/h3-10,18-20H,11-12H2,1-2H3. The van der Waals surface area contributed by atoms with Gasteiger partial charge in [-0.15, -0.1) is 0 Å². The van der Waals surface area contributed by atoms with Crippen LogP contribution in [0.25, 0.3) is 0 Å². The highest BCUT2D eigenvalue weighted by atomic mass is 16.7. The molecule has 2 aliphatic heterocycles. The molecule has 6 nitrogen and oxygen atoms in total. The average Bonchev–Trinajstić information content (AvgIpc) is 3.12. The Kier molecular flexibility index (Phi) is 4.19. The van der Waals surface area contributed by atoms with Crippen LogP contribution < -0.4 is 14.8 Å². The van der Waals surface area contributed by atoms with Crippen molar-refractivity contribution in [1.82, 2.24) is 10.2 Å². The van der Waals surface area contributed by atoms with Crippen LogP contribution in [0.2, 0.25) is 0 Å². The number of ether oxygens (including phenoxy) is 2. The van der Waals surface area contributed by atoms with Crippen molar-refractivity contribution in [2.24, 2.45) is 5.16 Å². The fourth-order valence-electron chi connectivity index (χ4n) is 3.28. The van der Waals surface area contributed by atoms with Crippen molar-refractivity contribution < 1.29 is 14.3 Å². The third-order valence-electron chi connectivity index (χ3n) is 4.61. The molecule has 0 aliphatic carbocycles. The predicted octanol–water partition coefficient (Wildman–Crippen LogP) is 3.04. The van der Waals surface area contributed by atoms with Crippen molar-refractivity contribution in [2.75, 3.05) is 20.8 Å². The Morgan fingerprint density at radius 3 is 2.16 bits per heavy atom. The number of hydrogen-bond acceptors (Lipinski definition) is 6. The lowest BCUT2D eigenvalue weighted by Gasteiger charge is -2.38. The molecule has 1 N–H and O–H groups in total. The van der Waals surface area contributed by atoms with Crippen molar-refractivity contribution in [2.45, 2.75) is 18.8 Å². The third-order valence-corrected chi connectivity index (χ3v) is 4.61. The first-order chi connectivity index (χ1) is 12.3. The van der Waals surface area contributed by atoms with E-state index in [4.69, 9.17) is 14.3 Å². The molecule has 2 heterocycles. The molecule has 2 aliphatic rings. The molecule has 4 rings (SSSR count). The Morgan fingerprint density at radius 1 is 0.960 bits per heavy atom. The molecule has 2 aromatic rings. The number of fused-ring (bicyclic) bond motifs is 1. The largest absolute Gasteiger partial charge is 0.497 e. The highest BCUT2D eigenvalue weighted by molar-refractivity contribution is 5.84. The molecule has 2 aromatic carbocycles. The maximum Gasteiger partial charge on any atom is 0.228 e. The normalized spacial score (nSPS) is 22.0. The molecule has 0 spiro atoms. The first-order valence-corrected chi connectivity index (χ1v) is 8.32. The number of amidine groups is 1. The summed E-state index contributed by atoms with van der Waals surface area (Å²) in [7, 11) is 3.34. The Balaban J connectivity index is 1.64. The van der Waals surface area contributed by atoms with E-state index in [0.29, 0.717) is 0 Å². The van der Waals surface area contributed by atoms with Gasteiger partial charge in [0, 0.05) is 18.5 Å². The highest BCUT2D eigenvalue weighted by Gasteiger charge is 2.39. The van der Waals surface area contributed by atoms with Crippen LogP contribution in [0.4, 0.5) is 0 Å². The lowest BCUT2D eigenvalue weighted by atomic mass is 10.1. The molecular weight excluding hydrogens is 318 g/mol. The van der Waals surface area contributed by atoms with E-state index >= 15 is 0 Å². The van der Waals surface area contributed by atoms with E-state index in [1.165, 1.54) is 0 Å². The SMILES string of the molecule is COc1ccc(C2NCCC3=NOC(c4ccc(OC)cc4)N32)cc1. The molecule has 2 unspecified atom stereocenters. The molecule has 0 radical (unpaired) electrons. The number of hydrogen-bond donors (Lipinski definition) is 1. The topological polar surface area (TPSA) is 55.3 Å². The van der Waals surface area contributed by atoms with Crippen LogP contribution in [0.3, 0.4) is 0 Å². The third kappa shape index (κ3) is 2.89. The minimum atomic E-state index is -0.249. The summed E-state index contributed by atoms with van der Waals surface area (Å²) in [5.74, 6) is 2.64. The second-order valence-electron chi connectivity index (χ2n) is 6.03. The number of benzene rings is 2. The van der Waals surface area contributed by atoms with Gasteiger partial charge in [-0.05, 0) is 42.0 Å². The zero-order valence-electron chi connectivity index (χ0n) is 14.3. The summed E-state index contributed by atoms with van der Waals surface area (Å²) < 4.78 is 10.5. The summed E-state index contributed by atoms with van der Waals surface area (Å²) in [4.78, 5) is 7.97. The predicted molar refractivity (Wildman–Crippen MR) is 94.4 cm³/mol. The smallest absolute Gasteiger partial charge is 0.228 e. The van der Waals surface area contributed by atoms with Crippen LogP contribution in [0.1, 0.15) is 29.9 Å². The maximum atomic E-state index is 5.76. The summed E-state index contributed by atoms with van der Waals surface area (Å²) >= 11 is 0. The van der Waals surface area contributed by atoms with Gasteiger partial charge in [-0.3, -0.25) is 10.2 Å². The maximum absolute atomic E-state index is 5.76. The summed E-state index contributed by atoms with van der Waals surface area (Å²) in [5, 5.41) is 7.88. The zero-order chi connectivity index (χ0) is 17.2. The Bertz CT molecular complexity index is 758. The molecule has 0 aromatic heterocycles. The number of nitrogens with zero attached hydrogens (tertiary/aromatic N) is 2. The second kappa shape index (κ2) is 6.64. The van der Waals surface area contributed by atoms with E-state index in [0.717, 1.165) is 41.4 Å². The van der Waals surface area contributed by atoms with Gasteiger partial charge in [-0.1, -0.05) is 17.3 Å². The van der Waals surface area contributed by atoms with Crippen LogP contribution in [0.5, 0.6) is 11.5 Å². The lowest BCUT2D eigenvalue weighted by molar-refractivity contribution is -0.0169. The number of rotatable bonds is 4. The first-order valence-electron chi connectivity index (χ1n) is 8.32. The Morgan fingerprint density at radius 2 is 1.56 bits per heavy atom. The summed E-state index contributed by atoms with van der Waals surface area (Å²) in [6.45, 7) is 0.866. The average molecular weight is 339 g/mol. The van der Waals surface area contributed by atoms with Crippen LogP contribution in [-0.4, -0.2) is 31.5 Å². The van der Waals surface area contributed by atoms with Gasteiger partial charge in [0.1, 0.15) is 17.7 Å². The molecule has 2 atom stereocenters. The molecule has 6 heteroatoms. The molecule has 0 bridgehead atoms. The van der Waals surface area contributed by atoms with Gasteiger partial charge in [0.05, 0.1) is 14.2 Å². The number of nitrogens with one attached hydrogen (secondary N) is 1. The van der Waals surface area contributed by atoms with Crippen LogP contribution in [-0.2, 0) is 4.84 Å². The van der Waals surface area contributed by atoms with E-state index in [1.54, 1.807) is 14.2 Å². The zero-order valence-corrected chi connectivity index (χ0v) is 14.3. The highest BCUT2D eigenvalue weighted by Crippen LogP contribution is 2.38. The quantitative estimate of drug-likeness (QED) is 0.928. The minimum absolute atomic E-state index is 0.00741. The van der Waals surface area contributed by atoms with E-state index < -0.39 is 0 Å². The van der Waals surface area contributed by atoms with Gasteiger partial charge >= 0.3 is 0 Å². The molecule has 0 amide bonds. The molecule has 1 saturated heterocycles. The molecule has 0 saturated carbocycles. The number of methoxy groups -OCH3 is 2. The second-order valence-corrected chi connectivity index (χ2v) is 6.03. The van der Waals surface area contributed by atoms with Gasteiger partial charge in [0.2, 0.25) is 6.23 Å². The molecular formula is C19H21N3O3. The molecule has 1 fully saturated rings. The lowest BCUT2D eigenvalue weighted by Crippen LogP contribution is -2.47. The van der Waals surface area contributed by atoms with Gasteiger partial charge < -0.3 is 14.3 Å². The summed E-state index contributed by atoms with van der Waals surface area (Å²) in [5.41, 5.74) is 2.19. The number of oxime groups is 1. The first kappa shape index (κ1) is 15.8. The van der Waals surface area contributed by atoms with Gasteiger partial charge in [-0.2, -0.15) is 0 Å².